The van der Waals surface area contributed by atoms with Crippen molar-refractivity contribution in [3.8, 4) is 18.2 Å². The first kappa shape index (κ1) is 20.5. The summed E-state index contributed by atoms with van der Waals surface area (Å²) in [5.74, 6) is -2.15. The molecule has 2 saturated heterocycles. The second kappa shape index (κ2) is 7.07. The number of nitriles is 3. The second-order valence-electron chi connectivity index (χ2n) is 8.65. The van der Waals surface area contributed by atoms with Crippen molar-refractivity contribution in [3.63, 3.8) is 0 Å². The molecule has 2 aliphatic heterocycles. The molecule has 1 aliphatic carbocycles. The molecule has 6 nitrogen and oxygen atoms in total. The van der Waals surface area contributed by atoms with Gasteiger partial charge in [0, 0.05) is 17.0 Å². The molecular formula is C25H19ClN4O2. The molecule has 1 N–H and O–H groups in total. The first-order valence-electron chi connectivity index (χ1n) is 10.5. The second-order valence-corrected chi connectivity index (χ2v) is 9.06. The van der Waals surface area contributed by atoms with Gasteiger partial charge in [0.25, 0.3) is 0 Å². The summed E-state index contributed by atoms with van der Waals surface area (Å²) < 4.78 is 12.5. The van der Waals surface area contributed by atoms with Gasteiger partial charge in [-0.2, -0.15) is 15.8 Å². The largest absolute Gasteiger partial charge is 0.447 e. The minimum Gasteiger partial charge on any atom is -0.447 e. The number of rotatable bonds is 2. The van der Waals surface area contributed by atoms with E-state index in [0.717, 1.165) is 12.0 Å². The summed E-state index contributed by atoms with van der Waals surface area (Å²) in [4.78, 5) is 0. The Morgan fingerprint density at radius 3 is 2.31 bits per heavy atom. The van der Waals surface area contributed by atoms with E-state index in [1.807, 2.05) is 30.3 Å². The van der Waals surface area contributed by atoms with Gasteiger partial charge in [-0.1, -0.05) is 60.1 Å². The summed E-state index contributed by atoms with van der Waals surface area (Å²) in [6.07, 6.45) is 0.520. The molecule has 0 spiro atoms. The van der Waals surface area contributed by atoms with Crippen molar-refractivity contribution in [1.29, 1.82) is 21.2 Å². The summed E-state index contributed by atoms with van der Waals surface area (Å²) in [5, 5.41) is 40.3. The molecule has 1 saturated carbocycles. The Morgan fingerprint density at radius 2 is 1.66 bits per heavy atom. The lowest BCUT2D eigenvalue weighted by Crippen LogP contribution is -2.60. The molecule has 2 aromatic rings. The first-order chi connectivity index (χ1) is 15.5. The maximum Gasteiger partial charge on any atom is 0.217 e. The van der Waals surface area contributed by atoms with Gasteiger partial charge in [0.2, 0.25) is 17.1 Å². The fourth-order valence-electron chi connectivity index (χ4n) is 5.83. The number of benzene rings is 2. The summed E-state index contributed by atoms with van der Waals surface area (Å²) >= 11 is 6.44. The Hall–Kier alpha value is -3.37. The van der Waals surface area contributed by atoms with Crippen LogP contribution in [-0.2, 0) is 9.47 Å². The first-order valence-corrected chi connectivity index (χ1v) is 10.8. The molecule has 5 unspecified atom stereocenters. The topological polar surface area (TPSA) is 114 Å². The number of hydrogen-bond acceptors (Lipinski definition) is 6. The highest BCUT2D eigenvalue weighted by Gasteiger charge is 2.81. The van der Waals surface area contributed by atoms with Crippen LogP contribution >= 0.6 is 11.6 Å². The minimum atomic E-state index is -1.99. The van der Waals surface area contributed by atoms with Crippen molar-refractivity contribution < 1.29 is 9.47 Å². The van der Waals surface area contributed by atoms with Crippen LogP contribution in [0.3, 0.4) is 0 Å². The zero-order chi connectivity index (χ0) is 22.6. The average Bonchev–Trinajstić information content (AvgIpc) is 3.03. The predicted octanol–water partition coefficient (Wildman–Crippen LogP) is 5.24. The van der Waals surface area contributed by atoms with Gasteiger partial charge in [0.05, 0.1) is 24.1 Å². The molecule has 5 rings (SSSR count). The van der Waals surface area contributed by atoms with Crippen molar-refractivity contribution >= 4 is 17.5 Å². The Kier molecular flexibility index (Phi) is 4.54. The summed E-state index contributed by atoms with van der Waals surface area (Å²) in [5.41, 5.74) is -2.20. The van der Waals surface area contributed by atoms with Gasteiger partial charge in [-0.25, -0.2) is 0 Å². The van der Waals surface area contributed by atoms with E-state index in [1.165, 1.54) is 0 Å². The molecule has 0 radical (unpaired) electrons. The minimum absolute atomic E-state index is 0.104. The lowest BCUT2D eigenvalue weighted by molar-refractivity contribution is -0.296. The third-order valence-electron chi connectivity index (χ3n) is 7.37. The average molecular weight is 443 g/mol. The number of halogens is 1. The van der Waals surface area contributed by atoms with Gasteiger partial charge in [0.15, 0.2) is 5.41 Å². The molecule has 0 amide bonds. The van der Waals surface area contributed by atoms with Crippen LogP contribution in [-0.4, -0.2) is 11.7 Å². The molecule has 2 aromatic carbocycles. The maximum absolute atomic E-state index is 10.5. The zero-order valence-electron chi connectivity index (χ0n) is 17.1. The number of ether oxygens (including phenoxy) is 2. The van der Waals surface area contributed by atoms with Gasteiger partial charge >= 0.3 is 0 Å². The molecule has 2 heterocycles. The van der Waals surface area contributed by atoms with E-state index in [9.17, 15) is 15.8 Å². The summed E-state index contributed by atoms with van der Waals surface area (Å²) in [6, 6.07) is 23.2. The van der Waals surface area contributed by atoms with E-state index >= 15 is 0 Å². The van der Waals surface area contributed by atoms with E-state index in [-0.39, 0.29) is 11.8 Å². The lowest BCUT2D eigenvalue weighted by Gasteiger charge is -2.53. The standard InChI is InChI=1S/C25H19ClN4O2/c26-19-9-5-4-8-18(19)21-23(13-27,14-28)24(15-29)20-12-17(16-6-2-1-3-7-16)10-11-25(20,31-21)32-22(24)30/h1-9,17,20-21,30H,10-12H2. The van der Waals surface area contributed by atoms with Gasteiger partial charge in [-0.3, -0.25) is 5.41 Å². The van der Waals surface area contributed by atoms with Crippen LogP contribution in [0.1, 0.15) is 42.4 Å². The van der Waals surface area contributed by atoms with Gasteiger partial charge < -0.3 is 9.47 Å². The normalized spacial score (nSPS) is 34.3. The van der Waals surface area contributed by atoms with Crippen LogP contribution in [0, 0.1) is 56.2 Å². The molecule has 158 valence electrons. The monoisotopic (exact) mass is 442 g/mol. The third kappa shape index (κ3) is 2.39. The molecule has 0 aromatic heterocycles. The van der Waals surface area contributed by atoms with Crippen molar-refractivity contribution in [2.45, 2.75) is 37.1 Å². The predicted molar refractivity (Wildman–Crippen MR) is 115 cm³/mol. The Balaban J connectivity index is 1.70. The summed E-state index contributed by atoms with van der Waals surface area (Å²) in [6.45, 7) is 0. The lowest BCUT2D eigenvalue weighted by atomic mass is 9.50. The van der Waals surface area contributed by atoms with Crippen LogP contribution < -0.4 is 0 Å². The third-order valence-corrected chi connectivity index (χ3v) is 7.71. The molecular weight excluding hydrogens is 424 g/mol. The molecule has 5 atom stereocenters. The van der Waals surface area contributed by atoms with Crippen molar-refractivity contribution in [1.82, 2.24) is 0 Å². The van der Waals surface area contributed by atoms with E-state index in [4.69, 9.17) is 26.5 Å². The fourth-order valence-corrected chi connectivity index (χ4v) is 6.07. The SMILES string of the molecule is N#CC1(C#N)C(c2ccccc2Cl)OC23CCC(c4ccccc4)CC2C1(C#N)C(=N)O3. The molecule has 3 fully saturated rings. The number of nitrogens with zero attached hydrogens (tertiary/aromatic N) is 3. The number of nitrogens with one attached hydrogen (secondary N) is 1. The maximum atomic E-state index is 10.5. The van der Waals surface area contributed by atoms with Gasteiger partial charge in [-0.05, 0) is 30.4 Å². The van der Waals surface area contributed by atoms with Crippen molar-refractivity contribution in [2.24, 2.45) is 16.7 Å². The smallest absolute Gasteiger partial charge is 0.217 e. The molecule has 7 heteroatoms. The molecule has 3 aliphatic rings. The van der Waals surface area contributed by atoms with E-state index in [0.29, 0.717) is 23.4 Å². The Morgan fingerprint density at radius 1 is 0.969 bits per heavy atom. The highest BCUT2D eigenvalue weighted by atomic mass is 35.5. The van der Waals surface area contributed by atoms with Crippen LogP contribution in [0.15, 0.2) is 54.6 Å². The zero-order valence-corrected chi connectivity index (χ0v) is 17.8. The fraction of sp³-hybridized carbons (Fsp3) is 0.360. The van der Waals surface area contributed by atoms with Crippen LogP contribution in [0.25, 0.3) is 0 Å². The van der Waals surface area contributed by atoms with Crippen molar-refractivity contribution in [3.05, 3.63) is 70.7 Å². The highest BCUT2D eigenvalue weighted by Crippen LogP contribution is 2.70. The van der Waals surface area contributed by atoms with Crippen LogP contribution in [0.2, 0.25) is 5.02 Å². The quantitative estimate of drug-likeness (QED) is 0.682. The van der Waals surface area contributed by atoms with Gasteiger partial charge in [0.1, 0.15) is 6.10 Å². The van der Waals surface area contributed by atoms with E-state index in [2.05, 4.69) is 18.2 Å². The van der Waals surface area contributed by atoms with Crippen LogP contribution in [0.5, 0.6) is 0 Å². The molecule has 32 heavy (non-hydrogen) atoms. The van der Waals surface area contributed by atoms with E-state index in [1.54, 1.807) is 24.3 Å². The van der Waals surface area contributed by atoms with Gasteiger partial charge in [-0.15, -0.1) is 0 Å². The van der Waals surface area contributed by atoms with E-state index < -0.39 is 28.6 Å². The Labute approximate surface area is 191 Å². The van der Waals surface area contributed by atoms with Crippen molar-refractivity contribution in [2.75, 3.05) is 0 Å². The highest BCUT2D eigenvalue weighted by molar-refractivity contribution is 6.31. The van der Waals surface area contributed by atoms with Crippen LogP contribution in [0.4, 0.5) is 0 Å². The summed E-state index contributed by atoms with van der Waals surface area (Å²) in [7, 11) is 0. The molecule has 2 bridgehead atoms. The number of hydrogen-bond donors (Lipinski definition) is 1. The Bertz CT molecular complexity index is 1210.